The molecule has 0 bridgehead atoms. The Morgan fingerprint density at radius 1 is 1.38 bits per heavy atom. The summed E-state index contributed by atoms with van der Waals surface area (Å²) in [4.78, 5) is 9.47. The number of benzene rings is 1. The molecule has 0 fully saturated rings. The van der Waals surface area contributed by atoms with E-state index >= 15 is 0 Å². The third kappa shape index (κ3) is 5.47. The van der Waals surface area contributed by atoms with E-state index in [-0.39, 0.29) is 17.9 Å². The Balaban J connectivity index is 2.66. The first-order valence-corrected chi connectivity index (χ1v) is 6.28. The molecule has 0 saturated carbocycles. The minimum absolute atomic E-state index is 0.0166. The third-order valence-corrected chi connectivity index (χ3v) is 2.50. The highest BCUT2D eigenvalue weighted by Gasteiger charge is 2.19. The number of nitrogens with one attached hydrogen (secondary N) is 1. The Morgan fingerprint density at radius 2 is 2.00 bits per heavy atom. The van der Waals surface area contributed by atoms with E-state index in [4.69, 9.17) is 4.74 Å². The van der Waals surface area contributed by atoms with Gasteiger partial charge >= 0.3 is 5.69 Å². The predicted octanol–water partition coefficient (Wildman–Crippen LogP) is 3.20. The van der Waals surface area contributed by atoms with Crippen LogP contribution in [0.4, 0.5) is 14.5 Å². The molecule has 0 atom stereocenters. The van der Waals surface area contributed by atoms with E-state index in [1.165, 1.54) is 0 Å². The fourth-order valence-electron chi connectivity index (χ4n) is 1.39. The van der Waals surface area contributed by atoms with Crippen LogP contribution in [0.25, 0.3) is 0 Å². The largest absolute Gasteiger partial charge is 0.486 e. The molecule has 0 unspecified atom stereocenters. The number of hydrogen-bond donors (Lipinski definition) is 1. The lowest BCUT2D eigenvalue weighted by Gasteiger charge is -2.21. The molecule has 0 aliphatic rings. The number of rotatable bonds is 6. The van der Waals surface area contributed by atoms with Crippen LogP contribution in [0.1, 0.15) is 20.8 Å². The van der Waals surface area contributed by atoms with Crippen LogP contribution in [-0.2, 0) is 0 Å². The summed E-state index contributed by atoms with van der Waals surface area (Å²) in [5.41, 5.74) is -0.385. The van der Waals surface area contributed by atoms with Crippen molar-refractivity contribution in [1.82, 2.24) is 5.32 Å². The van der Waals surface area contributed by atoms with Crippen molar-refractivity contribution in [3.8, 4) is 5.75 Å². The van der Waals surface area contributed by atoms with Gasteiger partial charge in [0.2, 0.25) is 5.82 Å². The molecule has 0 amide bonds. The van der Waals surface area contributed by atoms with E-state index in [1.807, 2.05) is 20.8 Å². The van der Waals surface area contributed by atoms with Crippen molar-refractivity contribution in [2.75, 3.05) is 13.2 Å². The van der Waals surface area contributed by atoms with Gasteiger partial charge in [-0.1, -0.05) is 6.58 Å². The first-order chi connectivity index (χ1) is 9.60. The number of nitrogens with zero attached hydrogens (tertiary/aromatic N) is 1. The molecule has 0 spiro atoms. The average molecular weight is 300 g/mol. The highest BCUT2D eigenvalue weighted by atomic mass is 19.1. The zero-order chi connectivity index (χ0) is 16.2. The smallest absolute Gasteiger partial charge is 0.307 e. The van der Waals surface area contributed by atoms with Crippen LogP contribution >= 0.6 is 0 Å². The number of ether oxygens (including phenoxy) is 1. The number of nitro benzene ring substituents is 1. The Labute approximate surface area is 121 Å². The van der Waals surface area contributed by atoms with Gasteiger partial charge in [0.1, 0.15) is 6.61 Å². The maximum absolute atomic E-state index is 13.6. The first-order valence-electron chi connectivity index (χ1n) is 6.28. The van der Waals surface area contributed by atoms with Crippen molar-refractivity contribution in [2.24, 2.45) is 0 Å². The van der Waals surface area contributed by atoms with Gasteiger partial charge in [0.15, 0.2) is 11.6 Å². The molecule has 1 rings (SSSR count). The summed E-state index contributed by atoms with van der Waals surface area (Å²) in [5.74, 6) is -2.51. The van der Waals surface area contributed by atoms with Crippen LogP contribution in [-0.4, -0.2) is 23.6 Å². The van der Waals surface area contributed by atoms with Crippen molar-refractivity contribution < 1.29 is 18.4 Å². The van der Waals surface area contributed by atoms with E-state index in [2.05, 4.69) is 11.9 Å². The normalized spacial score (nSPS) is 11.3. The van der Waals surface area contributed by atoms with Crippen molar-refractivity contribution >= 4 is 5.69 Å². The molecule has 1 aromatic rings. The Hall–Kier alpha value is -2.02. The molecule has 21 heavy (non-hydrogen) atoms. The van der Waals surface area contributed by atoms with Crippen molar-refractivity contribution in [1.29, 1.82) is 0 Å². The number of nitro groups is 1. The van der Waals surface area contributed by atoms with Gasteiger partial charge in [-0.05, 0) is 26.3 Å². The lowest BCUT2D eigenvalue weighted by Crippen LogP contribution is -2.37. The second-order valence-corrected chi connectivity index (χ2v) is 5.63. The second kappa shape index (κ2) is 6.62. The van der Waals surface area contributed by atoms with E-state index < -0.39 is 22.2 Å². The number of halogens is 2. The van der Waals surface area contributed by atoms with Crippen molar-refractivity contribution in [3.63, 3.8) is 0 Å². The Bertz CT molecular complexity index is 554. The summed E-state index contributed by atoms with van der Waals surface area (Å²) >= 11 is 0. The molecule has 0 aliphatic heterocycles. The van der Waals surface area contributed by atoms with Crippen LogP contribution in [0.3, 0.4) is 0 Å². The van der Waals surface area contributed by atoms with Crippen LogP contribution < -0.4 is 10.1 Å². The zero-order valence-electron chi connectivity index (χ0n) is 12.2. The Kier molecular flexibility index (Phi) is 5.37. The summed E-state index contributed by atoms with van der Waals surface area (Å²) in [6.45, 7) is 10.1. The maximum atomic E-state index is 13.6. The molecule has 0 radical (unpaired) electrons. The molecule has 1 aromatic carbocycles. The zero-order valence-corrected chi connectivity index (χ0v) is 12.2. The summed E-state index contributed by atoms with van der Waals surface area (Å²) in [6, 6.07) is 1.17. The molecule has 1 N–H and O–H groups in total. The van der Waals surface area contributed by atoms with Crippen LogP contribution in [0, 0.1) is 21.7 Å². The molecule has 0 saturated heterocycles. The molecule has 7 heteroatoms. The molecule has 0 heterocycles. The molecular formula is C14H18F2N2O3. The molecule has 0 aliphatic carbocycles. The summed E-state index contributed by atoms with van der Waals surface area (Å²) in [6.07, 6.45) is 0. The summed E-state index contributed by atoms with van der Waals surface area (Å²) in [7, 11) is 0. The third-order valence-electron chi connectivity index (χ3n) is 2.50. The van der Waals surface area contributed by atoms with Crippen LogP contribution in [0.15, 0.2) is 24.3 Å². The topological polar surface area (TPSA) is 64.4 Å². The van der Waals surface area contributed by atoms with E-state index in [9.17, 15) is 18.9 Å². The van der Waals surface area contributed by atoms with Crippen LogP contribution in [0.5, 0.6) is 5.75 Å². The minimum atomic E-state index is -1.14. The summed E-state index contributed by atoms with van der Waals surface area (Å²) in [5, 5.41) is 13.6. The van der Waals surface area contributed by atoms with Gasteiger partial charge in [-0.15, -0.1) is 0 Å². The van der Waals surface area contributed by atoms with Crippen molar-refractivity contribution in [3.05, 3.63) is 46.0 Å². The van der Waals surface area contributed by atoms with Gasteiger partial charge in [0.05, 0.1) is 11.0 Å². The van der Waals surface area contributed by atoms with Gasteiger partial charge in [0, 0.05) is 18.2 Å². The molecule has 116 valence electrons. The lowest BCUT2D eigenvalue weighted by atomic mass is 10.1. The fourth-order valence-corrected chi connectivity index (χ4v) is 1.39. The van der Waals surface area contributed by atoms with Crippen molar-refractivity contribution in [2.45, 2.75) is 26.3 Å². The van der Waals surface area contributed by atoms with Gasteiger partial charge < -0.3 is 10.1 Å². The highest BCUT2D eigenvalue weighted by Crippen LogP contribution is 2.26. The SMILES string of the molecule is C=C(CNC(C)(C)C)COc1cc(F)c([N+](=O)[O-])cc1F. The van der Waals surface area contributed by atoms with Crippen LogP contribution in [0.2, 0.25) is 0 Å². The highest BCUT2D eigenvalue weighted by molar-refractivity contribution is 5.39. The molecular weight excluding hydrogens is 282 g/mol. The first kappa shape index (κ1) is 17.0. The van der Waals surface area contributed by atoms with E-state index in [0.29, 0.717) is 24.3 Å². The lowest BCUT2D eigenvalue weighted by molar-refractivity contribution is -0.387. The monoisotopic (exact) mass is 300 g/mol. The van der Waals surface area contributed by atoms with Gasteiger partial charge in [-0.2, -0.15) is 4.39 Å². The van der Waals surface area contributed by atoms with Gasteiger partial charge in [-0.3, -0.25) is 10.1 Å². The van der Waals surface area contributed by atoms with Gasteiger partial charge in [-0.25, -0.2) is 4.39 Å². The minimum Gasteiger partial charge on any atom is -0.486 e. The molecule has 5 nitrogen and oxygen atoms in total. The fraction of sp³-hybridized carbons (Fsp3) is 0.429. The predicted molar refractivity (Wildman–Crippen MR) is 75.4 cm³/mol. The second-order valence-electron chi connectivity index (χ2n) is 5.63. The number of hydrogen-bond acceptors (Lipinski definition) is 4. The summed E-state index contributed by atoms with van der Waals surface area (Å²) < 4.78 is 32.1. The quantitative estimate of drug-likeness (QED) is 0.498. The van der Waals surface area contributed by atoms with Gasteiger partial charge in [0.25, 0.3) is 0 Å². The van der Waals surface area contributed by atoms with E-state index in [1.54, 1.807) is 0 Å². The van der Waals surface area contributed by atoms with E-state index in [0.717, 1.165) is 0 Å². The Morgan fingerprint density at radius 3 is 2.52 bits per heavy atom. The maximum Gasteiger partial charge on any atom is 0.307 e. The average Bonchev–Trinajstić information content (AvgIpc) is 2.35. The standard InChI is InChI=1S/C14H18F2N2O3/c1-9(7-17-14(2,3)4)8-21-13-6-10(15)12(18(19)20)5-11(13)16/h5-6,17H,1,7-8H2,2-4H3. The molecule has 0 aromatic heterocycles.